The van der Waals surface area contributed by atoms with Crippen LogP contribution < -0.4 is 0 Å². The van der Waals surface area contributed by atoms with Crippen LogP contribution in [0.3, 0.4) is 0 Å². The molecule has 0 N–H and O–H groups in total. The van der Waals surface area contributed by atoms with E-state index in [-0.39, 0.29) is 23.8 Å². The maximum Gasteiger partial charge on any atom is 0.231 e. The molecule has 3 aliphatic heterocycles. The summed E-state index contributed by atoms with van der Waals surface area (Å²) in [5.41, 5.74) is -0.486. The summed E-state index contributed by atoms with van der Waals surface area (Å²) in [6.45, 7) is 6.77. The van der Waals surface area contributed by atoms with Crippen LogP contribution >= 0.6 is 0 Å². The van der Waals surface area contributed by atoms with Crippen molar-refractivity contribution in [3.63, 3.8) is 0 Å². The first-order valence-corrected chi connectivity index (χ1v) is 8.78. The number of amides is 3. The van der Waals surface area contributed by atoms with Gasteiger partial charge in [-0.25, -0.2) is 0 Å². The van der Waals surface area contributed by atoms with E-state index >= 15 is 0 Å². The Morgan fingerprint density at radius 2 is 1.48 bits per heavy atom. The Balaban J connectivity index is 1.90. The molecule has 3 fully saturated rings. The molecule has 0 aromatic rings. The predicted molar refractivity (Wildman–Crippen MR) is 85.5 cm³/mol. The molecule has 3 heterocycles. The zero-order valence-electron chi connectivity index (χ0n) is 14.2. The largest absolute Gasteiger partial charge is 0.343 e. The van der Waals surface area contributed by atoms with Gasteiger partial charge in [0.2, 0.25) is 17.7 Å². The summed E-state index contributed by atoms with van der Waals surface area (Å²) in [7, 11) is 0. The average molecular weight is 321 g/mol. The van der Waals surface area contributed by atoms with Crippen molar-refractivity contribution in [2.75, 3.05) is 32.7 Å². The van der Waals surface area contributed by atoms with Gasteiger partial charge in [0.1, 0.15) is 0 Å². The van der Waals surface area contributed by atoms with Gasteiger partial charge in [0.15, 0.2) is 0 Å². The number of likely N-dealkylation sites (tertiary alicyclic amines) is 3. The number of carbonyl (C=O) groups is 3. The van der Waals surface area contributed by atoms with Gasteiger partial charge in [0.25, 0.3) is 0 Å². The molecule has 6 nitrogen and oxygen atoms in total. The van der Waals surface area contributed by atoms with Crippen LogP contribution in [0.15, 0.2) is 0 Å². The fraction of sp³-hybridized carbons (Fsp3) is 0.824. The smallest absolute Gasteiger partial charge is 0.231 e. The molecule has 2 atom stereocenters. The van der Waals surface area contributed by atoms with Crippen molar-refractivity contribution in [1.82, 2.24) is 14.7 Å². The van der Waals surface area contributed by atoms with Gasteiger partial charge in [0, 0.05) is 52.6 Å². The van der Waals surface area contributed by atoms with Crippen LogP contribution in [0.5, 0.6) is 0 Å². The summed E-state index contributed by atoms with van der Waals surface area (Å²) in [6, 6.07) is -0.0579. The van der Waals surface area contributed by atoms with Crippen molar-refractivity contribution in [2.24, 2.45) is 5.41 Å². The number of hydrogen-bond donors (Lipinski definition) is 0. The van der Waals surface area contributed by atoms with E-state index in [0.717, 1.165) is 32.4 Å². The Morgan fingerprint density at radius 1 is 0.826 bits per heavy atom. The van der Waals surface area contributed by atoms with Crippen molar-refractivity contribution in [3.05, 3.63) is 0 Å². The second-order valence-electron chi connectivity index (χ2n) is 7.18. The number of hydrogen-bond acceptors (Lipinski definition) is 3. The highest BCUT2D eigenvalue weighted by molar-refractivity contribution is 5.86. The minimum Gasteiger partial charge on any atom is -0.343 e. The Morgan fingerprint density at radius 3 is 2.09 bits per heavy atom. The first-order valence-electron chi connectivity index (χ1n) is 8.78. The van der Waals surface area contributed by atoms with Crippen molar-refractivity contribution in [3.8, 4) is 0 Å². The van der Waals surface area contributed by atoms with E-state index < -0.39 is 5.41 Å². The highest BCUT2D eigenvalue weighted by Gasteiger charge is 2.55. The molecule has 0 saturated carbocycles. The monoisotopic (exact) mass is 321 g/mol. The molecule has 0 aromatic carbocycles. The molecule has 3 amide bonds. The lowest BCUT2D eigenvalue weighted by Crippen LogP contribution is -2.51. The number of nitrogens with zero attached hydrogens (tertiary/aromatic N) is 3. The van der Waals surface area contributed by atoms with E-state index in [1.165, 1.54) is 0 Å². The average Bonchev–Trinajstić information content (AvgIpc) is 3.11. The van der Waals surface area contributed by atoms with Crippen molar-refractivity contribution < 1.29 is 14.4 Å². The lowest BCUT2D eigenvalue weighted by Gasteiger charge is -2.37. The van der Waals surface area contributed by atoms with Crippen molar-refractivity contribution >= 4 is 17.7 Å². The minimum atomic E-state index is -0.486. The number of fused-ring (bicyclic) bond motifs is 1. The molecule has 0 bridgehead atoms. The summed E-state index contributed by atoms with van der Waals surface area (Å²) in [4.78, 5) is 42.8. The van der Waals surface area contributed by atoms with Crippen LogP contribution in [-0.2, 0) is 14.4 Å². The molecule has 6 heteroatoms. The molecule has 0 aromatic heterocycles. The first-order chi connectivity index (χ1) is 11.0. The topological polar surface area (TPSA) is 60.9 Å². The maximum absolute atomic E-state index is 13.3. The van der Waals surface area contributed by atoms with E-state index in [0.29, 0.717) is 32.5 Å². The van der Waals surface area contributed by atoms with E-state index in [1.54, 1.807) is 13.8 Å². The number of carbonyl (C=O) groups excluding carboxylic acids is 3. The molecular formula is C17H27N3O3. The molecule has 0 aliphatic carbocycles. The fourth-order valence-corrected chi connectivity index (χ4v) is 4.67. The minimum absolute atomic E-state index is 0.0439. The Bertz CT molecular complexity index is 515. The summed E-state index contributed by atoms with van der Waals surface area (Å²) >= 11 is 0. The molecule has 0 radical (unpaired) electrons. The highest BCUT2D eigenvalue weighted by atomic mass is 16.2. The van der Waals surface area contributed by atoms with Gasteiger partial charge in [0.05, 0.1) is 5.41 Å². The van der Waals surface area contributed by atoms with Gasteiger partial charge in [-0.05, 0) is 32.1 Å². The second-order valence-corrected chi connectivity index (χ2v) is 7.18. The highest BCUT2D eigenvalue weighted by Crippen LogP contribution is 2.45. The molecule has 3 rings (SSSR count). The van der Waals surface area contributed by atoms with Gasteiger partial charge in [-0.15, -0.1) is 0 Å². The summed E-state index contributed by atoms with van der Waals surface area (Å²) < 4.78 is 0. The SMILES string of the molecule is CC(=O)N1CC[C@H]2N(C(C)=O)CC[C@@]2(C(=O)N2CCCC2)CC1. The molecule has 3 saturated heterocycles. The fourth-order valence-electron chi connectivity index (χ4n) is 4.67. The zero-order valence-corrected chi connectivity index (χ0v) is 14.2. The van der Waals surface area contributed by atoms with Crippen LogP contribution in [0.25, 0.3) is 0 Å². The molecule has 23 heavy (non-hydrogen) atoms. The third-order valence-electron chi connectivity index (χ3n) is 5.98. The summed E-state index contributed by atoms with van der Waals surface area (Å²) in [6.07, 6.45) is 4.26. The van der Waals surface area contributed by atoms with E-state index in [2.05, 4.69) is 0 Å². The Labute approximate surface area is 137 Å². The lowest BCUT2D eigenvalue weighted by atomic mass is 9.75. The number of rotatable bonds is 1. The van der Waals surface area contributed by atoms with Gasteiger partial charge in [-0.1, -0.05) is 0 Å². The van der Waals surface area contributed by atoms with Gasteiger partial charge in [-0.3, -0.25) is 14.4 Å². The quantitative estimate of drug-likeness (QED) is 0.720. The van der Waals surface area contributed by atoms with Gasteiger partial charge >= 0.3 is 0 Å². The van der Waals surface area contributed by atoms with Crippen molar-refractivity contribution in [2.45, 2.75) is 52.0 Å². The Hall–Kier alpha value is -1.59. The standard InChI is InChI=1S/C17H27N3O3/c1-13(21)18-10-5-15-17(6-11-18,7-12-20(15)14(2)22)16(23)19-8-3-4-9-19/h15H,3-12H2,1-2H3/t15-,17+/m1/s1. The normalized spacial score (nSPS) is 31.0. The molecule has 0 spiro atoms. The van der Waals surface area contributed by atoms with E-state index in [4.69, 9.17) is 0 Å². The second kappa shape index (κ2) is 6.13. The van der Waals surface area contributed by atoms with Gasteiger partial charge in [-0.2, -0.15) is 0 Å². The van der Waals surface area contributed by atoms with E-state index in [1.807, 2.05) is 14.7 Å². The van der Waals surface area contributed by atoms with Crippen LogP contribution in [0.4, 0.5) is 0 Å². The third-order valence-corrected chi connectivity index (χ3v) is 5.98. The van der Waals surface area contributed by atoms with Crippen LogP contribution in [-0.4, -0.2) is 71.2 Å². The van der Waals surface area contributed by atoms with Crippen LogP contribution in [0.2, 0.25) is 0 Å². The molecule has 128 valence electrons. The van der Waals surface area contributed by atoms with Gasteiger partial charge < -0.3 is 14.7 Å². The third kappa shape index (κ3) is 2.72. The van der Waals surface area contributed by atoms with E-state index in [9.17, 15) is 14.4 Å². The molecule has 0 unspecified atom stereocenters. The molecule has 3 aliphatic rings. The first kappa shape index (κ1) is 16.3. The summed E-state index contributed by atoms with van der Waals surface area (Å²) in [5, 5.41) is 0. The predicted octanol–water partition coefficient (Wildman–Crippen LogP) is 0.858. The maximum atomic E-state index is 13.3. The van der Waals surface area contributed by atoms with Crippen molar-refractivity contribution in [1.29, 1.82) is 0 Å². The zero-order chi connectivity index (χ0) is 16.6. The summed E-state index contributed by atoms with van der Waals surface area (Å²) in [5.74, 6) is 0.319. The van der Waals surface area contributed by atoms with Crippen LogP contribution in [0.1, 0.15) is 46.0 Å². The van der Waals surface area contributed by atoms with Crippen LogP contribution in [0, 0.1) is 5.41 Å². The molecular weight excluding hydrogens is 294 g/mol. The Kier molecular flexibility index (Phi) is 4.34. The lowest BCUT2D eigenvalue weighted by molar-refractivity contribution is -0.144.